The van der Waals surface area contributed by atoms with Crippen molar-refractivity contribution < 1.29 is 4.74 Å². The highest BCUT2D eigenvalue weighted by atomic mass is 32.2. The first kappa shape index (κ1) is 15.4. The Morgan fingerprint density at radius 1 is 1.30 bits per heavy atom. The van der Waals surface area contributed by atoms with Gasteiger partial charge in [-0.15, -0.1) is 11.3 Å². The maximum absolute atomic E-state index is 5.09. The molecule has 0 aliphatic carbocycles. The zero-order chi connectivity index (χ0) is 14.8. The first-order chi connectivity index (χ1) is 9.38. The third kappa shape index (κ3) is 4.01. The van der Waals surface area contributed by atoms with Gasteiger partial charge in [0.2, 0.25) is 0 Å². The van der Waals surface area contributed by atoms with Gasteiger partial charge in [-0.1, -0.05) is 20.8 Å². The summed E-state index contributed by atoms with van der Waals surface area (Å²) in [5.41, 5.74) is 1.08. The van der Waals surface area contributed by atoms with Crippen LogP contribution in [0.25, 0.3) is 0 Å². The number of hydrogen-bond acceptors (Lipinski definition) is 6. The lowest BCUT2D eigenvalue weighted by Crippen LogP contribution is -2.07. The molecule has 0 atom stereocenters. The van der Waals surface area contributed by atoms with Crippen molar-refractivity contribution in [3.05, 3.63) is 28.7 Å². The zero-order valence-electron chi connectivity index (χ0n) is 12.4. The number of ether oxygens (including phenoxy) is 1. The summed E-state index contributed by atoms with van der Waals surface area (Å²) in [5.74, 6) is 0.711. The van der Waals surface area contributed by atoms with Gasteiger partial charge in [-0.2, -0.15) is 0 Å². The van der Waals surface area contributed by atoms with E-state index in [0.29, 0.717) is 12.4 Å². The fraction of sp³-hybridized carbons (Fsp3) is 0.500. The quantitative estimate of drug-likeness (QED) is 0.803. The summed E-state index contributed by atoms with van der Waals surface area (Å²) in [6.07, 6.45) is 1.96. The van der Waals surface area contributed by atoms with Crippen molar-refractivity contribution in [2.24, 2.45) is 0 Å². The molecule has 6 heteroatoms. The molecule has 108 valence electrons. The van der Waals surface area contributed by atoms with E-state index in [1.165, 1.54) is 4.88 Å². The molecule has 0 N–H and O–H groups in total. The fourth-order valence-electron chi connectivity index (χ4n) is 1.59. The van der Waals surface area contributed by atoms with Gasteiger partial charge >= 0.3 is 0 Å². The van der Waals surface area contributed by atoms with Crippen molar-refractivity contribution in [3.8, 4) is 0 Å². The van der Waals surface area contributed by atoms with Gasteiger partial charge in [0.25, 0.3) is 0 Å². The van der Waals surface area contributed by atoms with Gasteiger partial charge in [0.15, 0.2) is 10.2 Å². The van der Waals surface area contributed by atoms with Crippen LogP contribution in [0.1, 0.15) is 37.2 Å². The van der Waals surface area contributed by atoms with Crippen LogP contribution in [0.5, 0.6) is 0 Å². The fourth-order valence-corrected chi connectivity index (χ4v) is 3.65. The Labute approximate surface area is 128 Å². The molecule has 0 bridgehead atoms. The third-order valence-electron chi connectivity index (χ3n) is 2.57. The number of aryl methyl sites for hydroxylation is 1. The Balaban J connectivity index is 2.19. The molecule has 2 rings (SSSR count). The molecule has 0 fully saturated rings. The minimum absolute atomic E-state index is 0.138. The summed E-state index contributed by atoms with van der Waals surface area (Å²) >= 11 is 3.30. The van der Waals surface area contributed by atoms with Crippen LogP contribution in [-0.2, 0) is 16.8 Å². The Morgan fingerprint density at radius 2 is 2.05 bits per heavy atom. The maximum Gasteiger partial charge on any atom is 0.156 e. The smallest absolute Gasteiger partial charge is 0.156 e. The van der Waals surface area contributed by atoms with E-state index in [-0.39, 0.29) is 5.41 Å². The molecule has 2 aromatic heterocycles. The number of aromatic nitrogens is 3. The second-order valence-electron chi connectivity index (χ2n) is 5.54. The SMILES string of the molecule is COCc1nc(C)cc(Sc2ncc(C(C)(C)C)s2)n1. The molecule has 0 unspecified atom stereocenters. The Kier molecular flexibility index (Phi) is 4.78. The molecule has 4 nitrogen and oxygen atoms in total. The highest BCUT2D eigenvalue weighted by Gasteiger charge is 2.17. The van der Waals surface area contributed by atoms with Crippen LogP contribution < -0.4 is 0 Å². The molecule has 0 radical (unpaired) electrons. The summed E-state index contributed by atoms with van der Waals surface area (Å²) in [5, 5.41) is 0.916. The lowest BCUT2D eigenvalue weighted by Gasteiger charge is -2.14. The van der Waals surface area contributed by atoms with Gasteiger partial charge in [0.1, 0.15) is 11.6 Å². The van der Waals surface area contributed by atoms with E-state index in [0.717, 1.165) is 15.1 Å². The molecular formula is C14H19N3OS2. The van der Waals surface area contributed by atoms with E-state index < -0.39 is 0 Å². The van der Waals surface area contributed by atoms with E-state index >= 15 is 0 Å². The van der Waals surface area contributed by atoms with Crippen molar-refractivity contribution in [2.75, 3.05) is 7.11 Å². The minimum Gasteiger partial charge on any atom is -0.377 e. The topological polar surface area (TPSA) is 47.9 Å². The standard InChI is InChI=1S/C14H19N3OS2/c1-9-6-12(17-11(16-9)8-18-5)20-13-15-7-10(19-13)14(2,3)4/h6-7H,8H2,1-5H3. The van der Waals surface area contributed by atoms with Crippen LogP contribution >= 0.6 is 23.1 Å². The van der Waals surface area contributed by atoms with Gasteiger partial charge in [-0.05, 0) is 30.2 Å². The van der Waals surface area contributed by atoms with Crippen molar-refractivity contribution in [1.29, 1.82) is 0 Å². The summed E-state index contributed by atoms with van der Waals surface area (Å²) in [6.45, 7) is 8.98. The molecule has 0 saturated carbocycles. The first-order valence-corrected chi connectivity index (χ1v) is 7.99. The highest BCUT2D eigenvalue weighted by molar-refractivity contribution is 8.01. The zero-order valence-corrected chi connectivity index (χ0v) is 14.1. The Hall–Kier alpha value is -0.980. The van der Waals surface area contributed by atoms with E-state index in [9.17, 15) is 0 Å². The van der Waals surface area contributed by atoms with Crippen LogP contribution in [0.2, 0.25) is 0 Å². The van der Waals surface area contributed by atoms with Crippen molar-refractivity contribution in [1.82, 2.24) is 15.0 Å². The van der Waals surface area contributed by atoms with Crippen LogP contribution in [0.15, 0.2) is 21.6 Å². The highest BCUT2D eigenvalue weighted by Crippen LogP contribution is 2.35. The molecular weight excluding hydrogens is 290 g/mol. The second kappa shape index (κ2) is 6.20. The molecule has 0 aromatic carbocycles. The predicted molar refractivity (Wildman–Crippen MR) is 82.4 cm³/mol. The molecule has 0 aliphatic rings. The number of rotatable bonds is 4. The summed E-state index contributed by atoms with van der Waals surface area (Å²) in [6, 6.07) is 1.97. The van der Waals surface area contributed by atoms with Gasteiger partial charge in [0, 0.05) is 23.9 Å². The van der Waals surface area contributed by atoms with Gasteiger partial charge in [0.05, 0.1) is 0 Å². The predicted octanol–water partition coefficient (Wildman–Crippen LogP) is 3.84. The maximum atomic E-state index is 5.09. The Morgan fingerprint density at radius 3 is 2.65 bits per heavy atom. The summed E-state index contributed by atoms with van der Waals surface area (Å²) in [4.78, 5) is 14.6. The lowest BCUT2D eigenvalue weighted by atomic mass is 9.96. The van der Waals surface area contributed by atoms with Crippen LogP contribution in [0.3, 0.4) is 0 Å². The largest absolute Gasteiger partial charge is 0.377 e. The molecule has 2 heterocycles. The van der Waals surface area contributed by atoms with Crippen LogP contribution in [-0.4, -0.2) is 22.1 Å². The molecule has 0 saturated heterocycles. The molecule has 0 aliphatic heterocycles. The Bertz CT molecular complexity index is 590. The summed E-state index contributed by atoms with van der Waals surface area (Å²) in [7, 11) is 1.65. The van der Waals surface area contributed by atoms with Gasteiger partial charge < -0.3 is 4.74 Å². The van der Waals surface area contributed by atoms with Crippen molar-refractivity contribution in [3.63, 3.8) is 0 Å². The molecule has 2 aromatic rings. The number of methoxy groups -OCH3 is 1. The van der Waals surface area contributed by atoms with Gasteiger partial charge in [-0.3, -0.25) is 0 Å². The number of hydrogen-bond donors (Lipinski definition) is 0. The molecule has 0 amide bonds. The first-order valence-electron chi connectivity index (χ1n) is 6.36. The van der Waals surface area contributed by atoms with Crippen LogP contribution in [0.4, 0.5) is 0 Å². The number of thiazole rings is 1. The third-order valence-corrected chi connectivity index (χ3v) is 4.98. The summed E-state index contributed by atoms with van der Waals surface area (Å²) < 4.78 is 6.10. The van der Waals surface area contributed by atoms with E-state index in [1.54, 1.807) is 30.2 Å². The van der Waals surface area contributed by atoms with Crippen LogP contribution in [0, 0.1) is 6.92 Å². The number of nitrogens with zero attached hydrogens (tertiary/aromatic N) is 3. The van der Waals surface area contributed by atoms with Crippen molar-refractivity contribution in [2.45, 2.75) is 49.1 Å². The average Bonchev–Trinajstić information content (AvgIpc) is 2.76. The van der Waals surface area contributed by atoms with Crippen molar-refractivity contribution >= 4 is 23.1 Å². The minimum atomic E-state index is 0.138. The van der Waals surface area contributed by atoms with E-state index in [1.807, 2.05) is 19.2 Å². The van der Waals surface area contributed by atoms with E-state index in [4.69, 9.17) is 4.74 Å². The lowest BCUT2D eigenvalue weighted by molar-refractivity contribution is 0.177. The average molecular weight is 309 g/mol. The van der Waals surface area contributed by atoms with E-state index in [2.05, 4.69) is 35.7 Å². The normalized spacial score (nSPS) is 11.8. The van der Waals surface area contributed by atoms with Gasteiger partial charge in [-0.25, -0.2) is 15.0 Å². The molecule has 20 heavy (non-hydrogen) atoms. The second-order valence-corrected chi connectivity index (χ2v) is 7.84. The monoisotopic (exact) mass is 309 g/mol. The molecule has 0 spiro atoms.